The first kappa shape index (κ1) is 14.1. The van der Waals surface area contributed by atoms with E-state index in [1.54, 1.807) is 6.07 Å². The molecule has 3 nitrogen and oxygen atoms in total. The second-order valence-electron chi connectivity index (χ2n) is 5.92. The van der Waals surface area contributed by atoms with Crippen molar-refractivity contribution >= 4 is 11.6 Å². The summed E-state index contributed by atoms with van der Waals surface area (Å²) in [7, 11) is 2.04. The zero-order valence-electron chi connectivity index (χ0n) is 11.6. The summed E-state index contributed by atoms with van der Waals surface area (Å²) >= 11 is 6.19. The molecule has 2 aliphatic rings. The van der Waals surface area contributed by atoms with E-state index in [0.29, 0.717) is 23.2 Å². The maximum Gasteiger partial charge on any atom is 0.143 e. The molecule has 1 aliphatic heterocycles. The van der Waals surface area contributed by atoms with E-state index < -0.39 is 0 Å². The molecule has 0 spiro atoms. The molecule has 2 N–H and O–H groups in total. The maximum atomic E-state index is 13.7. The molecule has 1 saturated carbocycles. The molecule has 0 bridgehead atoms. The molecule has 2 atom stereocenters. The first-order valence-corrected chi connectivity index (χ1v) is 7.52. The third-order valence-corrected chi connectivity index (χ3v) is 4.45. The lowest BCUT2D eigenvalue weighted by Crippen LogP contribution is -2.21. The van der Waals surface area contributed by atoms with Crippen molar-refractivity contribution in [3.63, 3.8) is 0 Å². The fourth-order valence-corrected chi connectivity index (χ4v) is 3.20. The topological polar surface area (TPSA) is 38.5 Å². The van der Waals surface area contributed by atoms with Gasteiger partial charge in [-0.2, -0.15) is 0 Å². The van der Waals surface area contributed by atoms with Gasteiger partial charge in [0.05, 0.1) is 11.1 Å². The second-order valence-corrected chi connectivity index (χ2v) is 6.32. The maximum absolute atomic E-state index is 13.7. The molecule has 5 heteroatoms. The van der Waals surface area contributed by atoms with Gasteiger partial charge in [-0.1, -0.05) is 11.6 Å². The minimum absolute atomic E-state index is 0.130. The standard InChI is InChI=1S/C15H20ClFN2O/c1-19-8-9(7-18)4-14(19)12-5-10(17)6-13(16)15(12)20-11-2-3-11/h5-6,9,11,14H,2-4,7-8,18H2,1H3. The molecular formula is C15H20ClFN2O. The SMILES string of the molecule is CN1CC(CN)CC1c1cc(F)cc(Cl)c1OC1CC1. The van der Waals surface area contributed by atoms with Crippen LogP contribution in [0.2, 0.25) is 5.02 Å². The van der Waals surface area contributed by atoms with Crippen LogP contribution in [-0.2, 0) is 0 Å². The quantitative estimate of drug-likeness (QED) is 0.929. The normalized spacial score (nSPS) is 27.0. The number of likely N-dealkylation sites (tertiary alicyclic amines) is 1. The van der Waals surface area contributed by atoms with E-state index in [9.17, 15) is 4.39 Å². The van der Waals surface area contributed by atoms with Crippen LogP contribution < -0.4 is 10.5 Å². The van der Waals surface area contributed by atoms with Gasteiger partial charge in [-0.3, -0.25) is 4.90 Å². The van der Waals surface area contributed by atoms with Crippen molar-refractivity contribution in [2.45, 2.75) is 31.4 Å². The molecule has 0 amide bonds. The van der Waals surface area contributed by atoms with Crippen molar-refractivity contribution in [3.05, 3.63) is 28.5 Å². The summed E-state index contributed by atoms with van der Waals surface area (Å²) in [5, 5.41) is 0.372. The number of ether oxygens (including phenoxy) is 1. The number of benzene rings is 1. The summed E-state index contributed by atoms with van der Waals surface area (Å²) < 4.78 is 19.7. The summed E-state index contributed by atoms with van der Waals surface area (Å²) in [5.74, 6) is 0.795. The van der Waals surface area contributed by atoms with Crippen molar-refractivity contribution in [2.75, 3.05) is 20.1 Å². The number of hydrogen-bond donors (Lipinski definition) is 1. The molecule has 2 unspecified atom stereocenters. The molecule has 1 aromatic carbocycles. The van der Waals surface area contributed by atoms with E-state index in [2.05, 4.69) is 4.90 Å². The first-order valence-electron chi connectivity index (χ1n) is 7.14. The molecule has 1 heterocycles. The van der Waals surface area contributed by atoms with Crippen LogP contribution in [0.25, 0.3) is 0 Å². The summed E-state index contributed by atoms with van der Waals surface area (Å²) in [5.41, 5.74) is 6.63. The van der Waals surface area contributed by atoms with E-state index in [-0.39, 0.29) is 18.0 Å². The van der Waals surface area contributed by atoms with Gasteiger partial charge in [-0.15, -0.1) is 0 Å². The van der Waals surface area contributed by atoms with Gasteiger partial charge in [0.25, 0.3) is 0 Å². The van der Waals surface area contributed by atoms with Crippen LogP contribution in [0.15, 0.2) is 12.1 Å². The van der Waals surface area contributed by atoms with Crippen molar-refractivity contribution in [1.82, 2.24) is 4.90 Å². The predicted octanol–water partition coefficient (Wildman–Crippen LogP) is 2.97. The van der Waals surface area contributed by atoms with Gasteiger partial charge >= 0.3 is 0 Å². The Morgan fingerprint density at radius 1 is 1.45 bits per heavy atom. The van der Waals surface area contributed by atoms with Crippen LogP contribution >= 0.6 is 11.6 Å². The Hall–Kier alpha value is -0.840. The fourth-order valence-electron chi connectivity index (χ4n) is 2.94. The average molecular weight is 299 g/mol. The lowest BCUT2D eigenvalue weighted by atomic mass is 9.99. The molecule has 1 saturated heterocycles. The lowest BCUT2D eigenvalue weighted by molar-refractivity contribution is 0.273. The lowest BCUT2D eigenvalue weighted by Gasteiger charge is -2.23. The van der Waals surface area contributed by atoms with Crippen molar-refractivity contribution in [3.8, 4) is 5.75 Å². The summed E-state index contributed by atoms with van der Waals surface area (Å²) in [4.78, 5) is 2.21. The molecular weight excluding hydrogens is 279 g/mol. The highest BCUT2D eigenvalue weighted by molar-refractivity contribution is 6.32. The number of halogens is 2. The van der Waals surface area contributed by atoms with Gasteiger partial charge < -0.3 is 10.5 Å². The van der Waals surface area contributed by atoms with E-state index >= 15 is 0 Å². The number of nitrogens with two attached hydrogens (primary N) is 1. The zero-order valence-corrected chi connectivity index (χ0v) is 12.4. The number of rotatable bonds is 4. The Labute approximate surface area is 123 Å². The van der Waals surface area contributed by atoms with Crippen LogP contribution in [0.3, 0.4) is 0 Å². The molecule has 1 aliphatic carbocycles. The molecule has 0 radical (unpaired) electrons. The molecule has 1 aromatic rings. The highest BCUT2D eigenvalue weighted by Crippen LogP contribution is 2.43. The number of nitrogens with zero attached hydrogens (tertiary/aromatic N) is 1. The fraction of sp³-hybridized carbons (Fsp3) is 0.600. The third kappa shape index (κ3) is 2.78. The Bertz CT molecular complexity index is 507. The third-order valence-electron chi connectivity index (χ3n) is 4.17. The highest BCUT2D eigenvalue weighted by Gasteiger charge is 2.34. The Morgan fingerprint density at radius 2 is 2.20 bits per heavy atom. The van der Waals surface area contributed by atoms with E-state index in [0.717, 1.165) is 31.4 Å². The van der Waals surface area contributed by atoms with E-state index in [1.807, 2.05) is 7.05 Å². The monoisotopic (exact) mass is 298 g/mol. The smallest absolute Gasteiger partial charge is 0.143 e. The summed E-state index contributed by atoms with van der Waals surface area (Å²) in [6, 6.07) is 3.02. The molecule has 20 heavy (non-hydrogen) atoms. The first-order chi connectivity index (χ1) is 9.58. The van der Waals surface area contributed by atoms with Crippen LogP contribution in [0, 0.1) is 11.7 Å². The average Bonchev–Trinajstić information content (AvgIpc) is 3.14. The number of hydrogen-bond acceptors (Lipinski definition) is 3. The van der Waals surface area contributed by atoms with Crippen LogP contribution in [-0.4, -0.2) is 31.1 Å². The van der Waals surface area contributed by atoms with Gasteiger partial charge in [-0.05, 0) is 50.9 Å². The van der Waals surface area contributed by atoms with Crippen molar-refractivity contribution in [1.29, 1.82) is 0 Å². The van der Waals surface area contributed by atoms with Crippen LogP contribution in [0.4, 0.5) is 4.39 Å². The van der Waals surface area contributed by atoms with Gasteiger partial charge in [0.2, 0.25) is 0 Å². The minimum Gasteiger partial charge on any atom is -0.489 e. The molecule has 110 valence electrons. The van der Waals surface area contributed by atoms with Gasteiger partial charge in [0.15, 0.2) is 0 Å². The van der Waals surface area contributed by atoms with Crippen molar-refractivity contribution in [2.24, 2.45) is 11.7 Å². The molecule has 0 aromatic heterocycles. The van der Waals surface area contributed by atoms with E-state index in [1.165, 1.54) is 6.07 Å². The molecule has 2 fully saturated rings. The van der Waals surface area contributed by atoms with Crippen molar-refractivity contribution < 1.29 is 9.13 Å². The highest BCUT2D eigenvalue weighted by atomic mass is 35.5. The minimum atomic E-state index is -0.308. The second kappa shape index (κ2) is 5.51. The largest absolute Gasteiger partial charge is 0.489 e. The Morgan fingerprint density at radius 3 is 2.80 bits per heavy atom. The summed E-state index contributed by atoms with van der Waals surface area (Å²) in [6.07, 6.45) is 3.28. The Balaban J connectivity index is 1.94. The summed E-state index contributed by atoms with van der Waals surface area (Å²) in [6.45, 7) is 1.58. The van der Waals surface area contributed by atoms with Gasteiger partial charge in [-0.25, -0.2) is 4.39 Å². The zero-order chi connectivity index (χ0) is 14.3. The predicted molar refractivity (Wildman–Crippen MR) is 77.6 cm³/mol. The Kier molecular flexibility index (Phi) is 3.89. The van der Waals surface area contributed by atoms with Gasteiger partial charge in [0.1, 0.15) is 11.6 Å². The van der Waals surface area contributed by atoms with Crippen LogP contribution in [0.5, 0.6) is 5.75 Å². The van der Waals surface area contributed by atoms with Gasteiger partial charge in [0, 0.05) is 18.2 Å². The van der Waals surface area contributed by atoms with Crippen LogP contribution in [0.1, 0.15) is 30.9 Å². The molecule has 3 rings (SSSR count). The van der Waals surface area contributed by atoms with E-state index in [4.69, 9.17) is 22.1 Å².